The Kier molecular flexibility index (Phi) is 3.56. The van der Waals surface area contributed by atoms with E-state index in [1.54, 1.807) is 0 Å². The van der Waals surface area contributed by atoms with Crippen LogP contribution in [-0.4, -0.2) is 16.5 Å². The second kappa shape index (κ2) is 4.93. The first kappa shape index (κ1) is 11.5. The summed E-state index contributed by atoms with van der Waals surface area (Å²) in [5.41, 5.74) is 7.34. The van der Waals surface area contributed by atoms with Crippen LogP contribution in [0.4, 0.5) is 0 Å². The minimum atomic E-state index is -0.0425. The van der Waals surface area contributed by atoms with Gasteiger partial charge >= 0.3 is 0 Å². The number of hydrogen-bond acceptors (Lipinski definition) is 3. The first-order valence-electron chi connectivity index (χ1n) is 5.78. The Balaban J connectivity index is 2.38. The van der Waals surface area contributed by atoms with Gasteiger partial charge in [-0.1, -0.05) is 6.42 Å². The van der Waals surface area contributed by atoms with Crippen molar-refractivity contribution < 1.29 is 0 Å². The summed E-state index contributed by atoms with van der Waals surface area (Å²) in [5, 5.41) is 0. The average molecular weight is 239 g/mol. The van der Waals surface area contributed by atoms with Crippen molar-refractivity contribution in [1.29, 1.82) is 0 Å². The first-order valence-corrected chi connectivity index (χ1v) is 6.18. The van der Waals surface area contributed by atoms with Gasteiger partial charge < -0.3 is 10.7 Å². The van der Waals surface area contributed by atoms with Crippen LogP contribution in [0.3, 0.4) is 0 Å². The number of aromatic nitrogens is 2. The van der Waals surface area contributed by atoms with Crippen LogP contribution < -0.4 is 11.3 Å². The molecule has 2 rings (SSSR count). The normalized spacial score (nSPS) is 16.1. The number of H-pyrrole nitrogens is 2. The molecule has 0 saturated heterocycles. The Morgan fingerprint density at radius 1 is 1.38 bits per heavy atom. The summed E-state index contributed by atoms with van der Waals surface area (Å²) in [6.07, 6.45) is 5.14. The first-order chi connectivity index (χ1) is 7.72. The SMILES string of the molecule is NCCCc1c(C2CCC2)[nH]c(=S)[nH]c1=O. The molecule has 0 unspecified atom stereocenters. The lowest BCUT2D eigenvalue weighted by Crippen LogP contribution is -2.23. The Bertz CT molecular complexity index is 473. The van der Waals surface area contributed by atoms with Crippen molar-refractivity contribution in [3.05, 3.63) is 26.4 Å². The summed E-state index contributed by atoms with van der Waals surface area (Å²) in [5.74, 6) is 0.497. The van der Waals surface area contributed by atoms with Crippen LogP contribution in [0, 0.1) is 4.77 Å². The highest BCUT2D eigenvalue weighted by Crippen LogP contribution is 2.36. The second-order valence-electron chi connectivity index (χ2n) is 4.32. The van der Waals surface area contributed by atoms with Crippen molar-refractivity contribution in [3.63, 3.8) is 0 Å². The Labute approximate surface area is 99.3 Å². The lowest BCUT2D eigenvalue weighted by molar-refractivity contribution is 0.406. The molecule has 1 saturated carbocycles. The van der Waals surface area contributed by atoms with Crippen LogP contribution >= 0.6 is 12.2 Å². The molecule has 0 radical (unpaired) electrons. The van der Waals surface area contributed by atoms with Gasteiger partial charge in [-0.15, -0.1) is 0 Å². The zero-order chi connectivity index (χ0) is 11.5. The molecule has 1 heterocycles. The predicted molar refractivity (Wildman–Crippen MR) is 66.2 cm³/mol. The van der Waals surface area contributed by atoms with E-state index in [9.17, 15) is 4.79 Å². The molecule has 0 amide bonds. The third-order valence-electron chi connectivity index (χ3n) is 3.22. The zero-order valence-electron chi connectivity index (χ0n) is 9.21. The monoisotopic (exact) mass is 239 g/mol. The van der Waals surface area contributed by atoms with E-state index < -0.39 is 0 Å². The van der Waals surface area contributed by atoms with E-state index in [0.29, 0.717) is 17.2 Å². The Hall–Kier alpha value is -0.940. The smallest absolute Gasteiger partial charge is 0.255 e. The molecule has 4 nitrogen and oxygen atoms in total. The molecular formula is C11H17N3OS. The highest BCUT2D eigenvalue weighted by Gasteiger charge is 2.24. The van der Waals surface area contributed by atoms with Gasteiger partial charge in [-0.05, 0) is 50.4 Å². The number of hydrogen-bond donors (Lipinski definition) is 3. The van der Waals surface area contributed by atoms with E-state index in [1.165, 1.54) is 6.42 Å². The summed E-state index contributed by atoms with van der Waals surface area (Å²) >= 11 is 5.01. The van der Waals surface area contributed by atoms with Gasteiger partial charge in [0.2, 0.25) is 0 Å². The molecule has 0 aliphatic heterocycles. The maximum Gasteiger partial charge on any atom is 0.255 e. The minimum absolute atomic E-state index is 0.0425. The number of aromatic amines is 2. The van der Waals surface area contributed by atoms with Crippen LogP contribution in [0.5, 0.6) is 0 Å². The van der Waals surface area contributed by atoms with Crippen molar-refractivity contribution in [3.8, 4) is 0 Å². The third-order valence-corrected chi connectivity index (χ3v) is 3.42. The fraction of sp³-hybridized carbons (Fsp3) is 0.636. The number of rotatable bonds is 4. The molecule has 1 aromatic rings. The van der Waals surface area contributed by atoms with E-state index in [1.807, 2.05) is 0 Å². The van der Waals surface area contributed by atoms with E-state index in [2.05, 4.69) is 9.97 Å². The van der Waals surface area contributed by atoms with Crippen LogP contribution in [0.1, 0.15) is 42.9 Å². The molecule has 16 heavy (non-hydrogen) atoms. The second-order valence-corrected chi connectivity index (χ2v) is 4.73. The van der Waals surface area contributed by atoms with Crippen molar-refractivity contribution in [1.82, 2.24) is 9.97 Å². The molecule has 1 aliphatic rings. The van der Waals surface area contributed by atoms with E-state index in [4.69, 9.17) is 18.0 Å². The fourth-order valence-corrected chi connectivity index (χ4v) is 2.30. The van der Waals surface area contributed by atoms with Crippen molar-refractivity contribution in [2.75, 3.05) is 6.54 Å². The summed E-state index contributed by atoms with van der Waals surface area (Å²) in [6.45, 7) is 0.610. The van der Waals surface area contributed by atoms with Gasteiger partial charge in [-0.2, -0.15) is 0 Å². The van der Waals surface area contributed by atoms with Gasteiger partial charge in [-0.25, -0.2) is 0 Å². The van der Waals surface area contributed by atoms with Crippen molar-refractivity contribution >= 4 is 12.2 Å². The van der Waals surface area contributed by atoms with Gasteiger partial charge in [-0.3, -0.25) is 9.78 Å². The molecular weight excluding hydrogens is 222 g/mol. The molecule has 1 aromatic heterocycles. The van der Waals surface area contributed by atoms with Crippen LogP contribution in [0.2, 0.25) is 0 Å². The molecule has 0 atom stereocenters. The highest BCUT2D eigenvalue weighted by molar-refractivity contribution is 7.71. The van der Waals surface area contributed by atoms with Crippen molar-refractivity contribution in [2.45, 2.75) is 38.0 Å². The van der Waals surface area contributed by atoms with E-state index >= 15 is 0 Å². The predicted octanol–water partition coefficient (Wildman–Crippen LogP) is 1.59. The van der Waals surface area contributed by atoms with E-state index in [-0.39, 0.29) is 5.56 Å². The Morgan fingerprint density at radius 2 is 2.12 bits per heavy atom. The average Bonchev–Trinajstić information content (AvgIpc) is 2.13. The maximum atomic E-state index is 11.8. The zero-order valence-corrected chi connectivity index (χ0v) is 10.0. The Morgan fingerprint density at radius 3 is 2.69 bits per heavy atom. The summed E-state index contributed by atoms with van der Waals surface area (Å²) in [7, 11) is 0. The van der Waals surface area contributed by atoms with Gasteiger partial charge in [0.25, 0.3) is 5.56 Å². The standard InChI is InChI=1S/C11H17N3OS/c12-6-2-5-8-9(7-3-1-4-7)13-11(16)14-10(8)15/h7H,1-6,12H2,(H2,13,14,15,16). The third kappa shape index (κ3) is 2.25. The number of nitrogens with two attached hydrogens (primary N) is 1. The molecule has 0 bridgehead atoms. The summed E-state index contributed by atoms with van der Waals surface area (Å²) in [6, 6.07) is 0. The quantitative estimate of drug-likeness (QED) is 0.698. The van der Waals surface area contributed by atoms with Gasteiger partial charge in [0.05, 0.1) is 0 Å². The fourth-order valence-electron chi connectivity index (χ4n) is 2.10. The minimum Gasteiger partial charge on any atom is -0.335 e. The molecule has 88 valence electrons. The lowest BCUT2D eigenvalue weighted by atomic mass is 9.81. The summed E-state index contributed by atoms with van der Waals surface area (Å²) < 4.78 is 0.434. The molecule has 0 spiro atoms. The molecule has 1 aliphatic carbocycles. The van der Waals surface area contributed by atoms with E-state index in [0.717, 1.165) is 36.9 Å². The largest absolute Gasteiger partial charge is 0.335 e. The van der Waals surface area contributed by atoms with Crippen LogP contribution in [0.15, 0.2) is 4.79 Å². The highest BCUT2D eigenvalue weighted by atomic mass is 32.1. The molecule has 5 heteroatoms. The molecule has 4 N–H and O–H groups in total. The van der Waals surface area contributed by atoms with Gasteiger partial charge in [0.1, 0.15) is 0 Å². The number of nitrogens with one attached hydrogen (secondary N) is 2. The maximum absolute atomic E-state index is 11.8. The lowest BCUT2D eigenvalue weighted by Gasteiger charge is -2.27. The van der Waals surface area contributed by atoms with Gasteiger partial charge in [0.15, 0.2) is 4.77 Å². The topological polar surface area (TPSA) is 74.7 Å². The van der Waals surface area contributed by atoms with Crippen LogP contribution in [0.25, 0.3) is 0 Å². The molecule has 1 fully saturated rings. The summed E-state index contributed by atoms with van der Waals surface area (Å²) in [4.78, 5) is 17.6. The van der Waals surface area contributed by atoms with Gasteiger partial charge in [0, 0.05) is 11.3 Å². The molecule has 0 aromatic carbocycles. The van der Waals surface area contributed by atoms with Crippen LogP contribution in [-0.2, 0) is 6.42 Å². The van der Waals surface area contributed by atoms with Crippen molar-refractivity contribution in [2.24, 2.45) is 5.73 Å².